The van der Waals surface area contributed by atoms with Crippen LogP contribution in [0, 0.1) is 11.3 Å². The summed E-state index contributed by atoms with van der Waals surface area (Å²) >= 11 is 0. The number of piperidine rings is 1. The fraction of sp³-hybridized carbons (Fsp3) is 0.824. The number of hydrogen-bond donors (Lipinski definition) is 1. The maximum atomic E-state index is 14.4. The van der Waals surface area contributed by atoms with Gasteiger partial charge in [-0.15, -0.1) is 0 Å². The number of ether oxygens (including phenoxy) is 1. The number of carbonyl (C=O) groups is 3. The van der Waals surface area contributed by atoms with E-state index >= 15 is 0 Å². The molecule has 2 saturated heterocycles. The number of rotatable bonds is 3. The summed E-state index contributed by atoms with van der Waals surface area (Å²) in [4.78, 5) is 38.2. The topological polar surface area (TPSA) is 87.2 Å². The Balaban J connectivity index is 2.23. The number of nitrogens with zero attached hydrogens (tertiary/aromatic N) is 2. The minimum Gasteiger partial charge on any atom is -0.481 e. The molecule has 0 radical (unpaired) electrons. The molecule has 2 unspecified atom stereocenters. The number of amides is 2. The SMILES string of the molecule is CC(C)(C)OC(=O)N1CC(F)(F)C2CC(=O)N(CC(C)(C)C(=O)O)CC21. The summed E-state index contributed by atoms with van der Waals surface area (Å²) in [6.45, 7) is 6.80. The highest BCUT2D eigenvalue weighted by Crippen LogP contribution is 2.43. The molecule has 26 heavy (non-hydrogen) atoms. The summed E-state index contributed by atoms with van der Waals surface area (Å²) < 4.78 is 34.0. The third-order valence-electron chi connectivity index (χ3n) is 4.74. The number of carbonyl (C=O) groups excluding carboxylic acids is 2. The molecule has 7 nitrogen and oxygen atoms in total. The number of alkyl halides is 2. The maximum Gasteiger partial charge on any atom is 0.410 e. The summed E-state index contributed by atoms with van der Waals surface area (Å²) in [7, 11) is 0. The summed E-state index contributed by atoms with van der Waals surface area (Å²) in [5.74, 6) is -6.09. The van der Waals surface area contributed by atoms with E-state index in [4.69, 9.17) is 4.74 Å². The summed E-state index contributed by atoms with van der Waals surface area (Å²) in [6.07, 6.45) is -1.27. The normalized spacial score (nSPS) is 25.9. The van der Waals surface area contributed by atoms with Gasteiger partial charge in [-0.05, 0) is 34.6 Å². The van der Waals surface area contributed by atoms with E-state index in [1.807, 2.05) is 0 Å². The van der Waals surface area contributed by atoms with E-state index in [2.05, 4.69) is 0 Å². The van der Waals surface area contributed by atoms with Gasteiger partial charge in [0.15, 0.2) is 0 Å². The van der Waals surface area contributed by atoms with Crippen molar-refractivity contribution in [2.75, 3.05) is 19.6 Å². The molecule has 2 aliphatic rings. The van der Waals surface area contributed by atoms with Crippen molar-refractivity contribution in [1.29, 1.82) is 0 Å². The second-order valence-electron chi connectivity index (χ2n) is 8.71. The quantitative estimate of drug-likeness (QED) is 0.816. The third kappa shape index (κ3) is 4.07. The van der Waals surface area contributed by atoms with Gasteiger partial charge in [0.2, 0.25) is 5.91 Å². The first-order valence-corrected chi connectivity index (χ1v) is 8.53. The number of carboxylic acids is 1. The fourth-order valence-electron chi connectivity index (χ4n) is 3.33. The molecule has 2 atom stereocenters. The Labute approximate surface area is 151 Å². The second kappa shape index (κ2) is 6.35. The van der Waals surface area contributed by atoms with Gasteiger partial charge >= 0.3 is 12.1 Å². The van der Waals surface area contributed by atoms with Gasteiger partial charge in [0.25, 0.3) is 5.92 Å². The molecular weight excluding hydrogens is 350 g/mol. The van der Waals surface area contributed by atoms with E-state index in [1.54, 1.807) is 20.8 Å². The van der Waals surface area contributed by atoms with Crippen LogP contribution in [0.4, 0.5) is 13.6 Å². The third-order valence-corrected chi connectivity index (χ3v) is 4.74. The van der Waals surface area contributed by atoms with E-state index in [0.717, 1.165) is 4.90 Å². The van der Waals surface area contributed by atoms with Crippen LogP contribution in [0.15, 0.2) is 0 Å². The van der Waals surface area contributed by atoms with E-state index in [0.29, 0.717) is 0 Å². The molecule has 0 bridgehead atoms. The Morgan fingerprint density at radius 1 is 1.27 bits per heavy atom. The summed E-state index contributed by atoms with van der Waals surface area (Å²) in [5.41, 5.74) is -2.06. The Morgan fingerprint density at radius 3 is 2.35 bits per heavy atom. The largest absolute Gasteiger partial charge is 0.481 e. The van der Waals surface area contributed by atoms with Gasteiger partial charge in [-0.2, -0.15) is 0 Å². The fourth-order valence-corrected chi connectivity index (χ4v) is 3.33. The van der Waals surface area contributed by atoms with Crippen molar-refractivity contribution < 1.29 is 33.0 Å². The molecule has 2 heterocycles. The van der Waals surface area contributed by atoms with E-state index in [9.17, 15) is 28.3 Å². The molecule has 2 aliphatic heterocycles. The van der Waals surface area contributed by atoms with Crippen molar-refractivity contribution in [2.45, 2.75) is 58.6 Å². The number of carboxylic acid groups (broad SMARTS) is 1. The van der Waals surface area contributed by atoms with Crippen molar-refractivity contribution in [3.63, 3.8) is 0 Å². The molecule has 9 heteroatoms. The molecule has 0 aromatic rings. The van der Waals surface area contributed by atoms with Crippen LogP contribution in [0.3, 0.4) is 0 Å². The second-order valence-corrected chi connectivity index (χ2v) is 8.71. The number of fused-ring (bicyclic) bond motifs is 1. The molecule has 0 aromatic heterocycles. The van der Waals surface area contributed by atoms with Crippen LogP contribution < -0.4 is 0 Å². The van der Waals surface area contributed by atoms with Gasteiger partial charge in [-0.25, -0.2) is 13.6 Å². The molecule has 0 aromatic carbocycles. The molecule has 0 aliphatic carbocycles. The van der Waals surface area contributed by atoms with E-state index in [-0.39, 0.29) is 13.1 Å². The molecular formula is C17H26F2N2O5. The smallest absolute Gasteiger partial charge is 0.410 e. The molecule has 0 saturated carbocycles. The van der Waals surface area contributed by atoms with Gasteiger partial charge in [-0.1, -0.05) is 0 Å². The first kappa shape index (κ1) is 20.4. The molecule has 2 fully saturated rings. The van der Waals surface area contributed by atoms with Crippen molar-refractivity contribution >= 4 is 18.0 Å². The first-order valence-electron chi connectivity index (χ1n) is 8.53. The average Bonchev–Trinajstić information content (AvgIpc) is 2.69. The Bertz CT molecular complexity index is 615. The van der Waals surface area contributed by atoms with Crippen molar-refractivity contribution in [3.05, 3.63) is 0 Å². The predicted molar refractivity (Wildman–Crippen MR) is 87.8 cm³/mol. The molecule has 0 spiro atoms. The average molecular weight is 376 g/mol. The lowest BCUT2D eigenvalue weighted by Gasteiger charge is -2.40. The zero-order chi connectivity index (χ0) is 20.1. The van der Waals surface area contributed by atoms with Gasteiger partial charge in [-0.3, -0.25) is 14.5 Å². The highest BCUT2D eigenvalue weighted by molar-refractivity contribution is 5.80. The highest BCUT2D eigenvalue weighted by Gasteiger charge is 2.59. The van der Waals surface area contributed by atoms with Crippen LogP contribution in [0.5, 0.6) is 0 Å². The Hall–Kier alpha value is -1.93. The minimum absolute atomic E-state index is 0.113. The molecule has 148 valence electrons. The Morgan fingerprint density at radius 2 is 1.85 bits per heavy atom. The highest BCUT2D eigenvalue weighted by atomic mass is 19.3. The van der Waals surface area contributed by atoms with E-state index < -0.39 is 59.8 Å². The van der Waals surface area contributed by atoms with Crippen molar-refractivity contribution in [2.24, 2.45) is 11.3 Å². The van der Waals surface area contributed by atoms with Crippen LogP contribution in [0.2, 0.25) is 0 Å². The van der Waals surface area contributed by atoms with Crippen molar-refractivity contribution in [3.8, 4) is 0 Å². The number of halogens is 2. The number of likely N-dealkylation sites (tertiary alicyclic amines) is 2. The summed E-state index contributed by atoms with van der Waals surface area (Å²) in [5, 5.41) is 9.25. The maximum absolute atomic E-state index is 14.4. The predicted octanol–water partition coefficient (Wildman–Crippen LogP) is 2.20. The lowest BCUT2D eigenvalue weighted by atomic mass is 9.86. The zero-order valence-electron chi connectivity index (χ0n) is 15.7. The van der Waals surface area contributed by atoms with E-state index in [1.165, 1.54) is 18.7 Å². The van der Waals surface area contributed by atoms with Crippen LogP contribution in [-0.4, -0.2) is 70.1 Å². The number of aliphatic carboxylic acids is 1. The van der Waals surface area contributed by atoms with Crippen LogP contribution in [0.1, 0.15) is 41.0 Å². The zero-order valence-corrected chi connectivity index (χ0v) is 15.7. The van der Waals surface area contributed by atoms with Gasteiger partial charge < -0.3 is 14.7 Å². The van der Waals surface area contributed by atoms with Gasteiger partial charge in [0.05, 0.1) is 23.9 Å². The lowest BCUT2D eigenvalue weighted by Crippen LogP contribution is -2.55. The molecule has 1 N–H and O–H groups in total. The molecule has 2 rings (SSSR count). The number of hydrogen-bond acceptors (Lipinski definition) is 4. The van der Waals surface area contributed by atoms with Crippen LogP contribution >= 0.6 is 0 Å². The van der Waals surface area contributed by atoms with Crippen LogP contribution in [0.25, 0.3) is 0 Å². The van der Waals surface area contributed by atoms with Crippen molar-refractivity contribution in [1.82, 2.24) is 9.80 Å². The minimum atomic E-state index is -3.19. The van der Waals surface area contributed by atoms with Gasteiger partial charge in [0.1, 0.15) is 5.60 Å². The van der Waals surface area contributed by atoms with Crippen LogP contribution in [-0.2, 0) is 14.3 Å². The summed E-state index contributed by atoms with van der Waals surface area (Å²) in [6, 6.07) is -0.901. The Kier molecular flexibility index (Phi) is 4.98. The lowest BCUT2D eigenvalue weighted by molar-refractivity contribution is -0.152. The van der Waals surface area contributed by atoms with Gasteiger partial charge in [0, 0.05) is 19.5 Å². The molecule has 2 amide bonds. The first-order chi connectivity index (χ1) is 11.6. The monoisotopic (exact) mass is 376 g/mol. The standard InChI is InChI=1S/C17H26F2N2O5/c1-15(2,3)26-14(25)21-9-17(18,19)10-6-12(22)20(7-11(10)21)8-16(4,5)13(23)24/h10-11H,6-9H2,1-5H3,(H,23,24).